The first-order valence-corrected chi connectivity index (χ1v) is 7.35. The standard InChI is InChI=1S/C14H19F2N5O.ClH/c1-8-10(9(2)21(19-8)13(15)16)7-11-18-12(20-22-11)14(17)5-3-4-6-14;/h13H,3-7,17H2,1-2H3;1H. The number of aromatic nitrogens is 4. The number of halogens is 3. The summed E-state index contributed by atoms with van der Waals surface area (Å²) in [5, 5.41) is 7.84. The van der Waals surface area contributed by atoms with Crippen molar-refractivity contribution in [2.24, 2.45) is 5.73 Å². The van der Waals surface area contributed by atoms with E-state index in [9.17, 15) is 8.78 Å². The molecular weight excluding hydrogens is 328 g/mol. The molecule has 1 aliphatic carbocycles. The summed E-state index contributed by atoms with van der Waals surface area (Å²) in [5.41, 5.74) is 7.42. The fourth-order valence-electron chi connectivity index (χ4n) is 3.05. The number of hydrogen-bond acceptors (Lipinski definition) is 5. The summed E-state index contributed by atoms with van der Waals surface area (Å²) in [6, 6.07) is 0. The molecule has 0 unspecified atom stereocenters. The zero-order chi connectivity index (χ0) is 15.9. The molecule has 2 aromatic heterocycles. The normalized spacial score (nSPS) is 16.8. The molecule has 2 N–H and O–H groups in total. The Balaban J connectivity index is 0.00000192. The van der Waals surface area contributed by atoms with E-state index in [1.165, 1.54) is 0 Å². The molecule has 0 spiro atoms. The van der Waals surface area contributed by atoms with Crippen LogP contribution in [0.4, 0.5) is 8.78 Å². The summed E-state index contributed by atoms with van der Waals surface area (Å²) in [6.45, 7) is 0.650. The molecule has 9 heteroatoms. The minimum absolute atomic E-state index is 0. The van der Waals surface area contributed by atoms with Crippen LogP contribution in [0.1, 0.15) is 60.9 Å². The molecule has 0 aromatic carbocycles. The van der Waals surface area contributed by atoms with Crippen molar-refractivity contribution in [1.29, 1.82) is 0 Å². The molecule has 1 aliphatic rings. The zero-order valence-electron chi connectivity index (χ0n) is 13.1. The second-order valence-corrected chi connectivity index (χ2v) is 5.92. The molecule has 128 valence electrons. The molecule has 0 atom stereocenters. The fourth-order valence-corrected chi connectivity index (χ4v) is 3.05. The van der Waals surface area contributed by atoms with Crippen LogP contribution in [-0.4, -0.2) is 19.9 Å². The molecule has 0 radical (unpaired) electrons. The van der Waals surface area contributed by atoms with Gasteiger partial charge in [0.25, 0.3) is 0 Å². The number of alkyl halides is 2. The average Bonchev–Trinajstić information content (AvgIpc) is 3.15. The Morgan fingerprint density at radius 1 is 1.30 bits per heavy atom. The molecule has 2 aromatic rings. The molecule has 0 amide bonds. The SMILES string of the molecule is Cc1nn(C(F)F)c(C)c1Cc1nc(C2(N)CCCC2)no1.Cl. The lowest BCUT2D eigenvalue weighted by atomic mass is 9.99. The van der Waals surface area contributed by atoms with E-state index >= 15 is 0 Å². The van der Waals surface area contributed by atoms with Gasteiger partial charge in [0.15, 0.2) is 5.82 Å². The summed E-state index contributed by atoms with van der Waals surface area (Å²) < 4.78 is 31.7. The van der Waals surface area contributed by atoms with Crippen molar-refractivity contribution in [3.8, 4) is 0 Å². The minimum atomic E-state index is -2.66. The lowest BCUT2D eigenvalue weighted by Crippen LogP contribution is -2.34. The van der Waals surface area contributed by atoms with Crippen LogP contribution in [0.3, 0.4) is 0 Å². The topological polar surface area (TPSA) is 82.8 Å². The van der Waals surface area contributed by atoms with Crippen molar-refractivity contribution in [3.63, 3.8) is 0 Å². The van der Waals surface area contributed by atoms with Gasteiger partial charge in [-0.15, -0.1) is 12.4 Å². The molecule has 0 bridgehead atoms. The van der Waals surface area contributed by atoms with E-state index in [4.69, 9.17) is 10.3 Å². The van der Waals surface area contributed by atoms with Crippen molar-refractivity contribution < 1.29 is 13.3 Å². The van der Waals surface area contributed by atoms with Gasteiger partial charge in [-0.1, -0.05) is 18.0 Å². The highest BCUT2D eigenvalue weighted by Gasteiger charge is 2.36. The summed E-state index contributed by atoms with van der Waals surface area (Å²) in [5.74, 6) is 0.892. The zero-order valence-corrected chi connectivity index (χ0v) is 13.9. The Morgan fingerprint density at radius 3 is 2.52 bits per heavy atom. The highest BCUT2D eigenvalue weighted by Crippen LogP contribution is 2.34. The third-order valence-corrected chi connectivity index (χ3v) is 4.40. The van der Waals surface area contributed by atoms with Gasteiger partial charge < -0.3 is 10.3 Å². The van der Waals surface area contributed by atoms with Gasteiger partial charge in [-0.05, 0) is 26.7 Å². The van der Waals surface area contributed by atoms with Crippen LogP contribution in [0, 0.1) is 13.8 Å². The molecule has 23 heavy (non-hydrogen) atoms. The Kier molecular flexibility index (Phi) is 5.05. The molecule has 1 saturated carbocycles. The van der Waals surface area contributed by atoms with Gasteiger partial charge in [0.2, 0.25) is 5.89 Å². The number of nitrogens with zero attached hydrogens (tertiary/aromatic N) is 4. The Hall–Kier alpha value is -1.54. The third-order valence-electron chi connectivity index (χ3n) is 4.40. The van der Waals surface area contributed by atoms with E-state index in [1.807, 2.05) is 0 Å². The Bertz CT molecular complexity index is 679. The van der Waals surface area contributed by atoms with E-state index in [0.29, 0.717) is 33.3 Å². The molecule has 3 rings (SSSR count). The van der Waals surface area contributed by atoms with Crippen molar-refractivity contribution in [2.75, 3.05) is 0 Å². The number of rotatable bonds is 4. The van der Waals surface area contributed by atoms with Crippen LogP contribution in [0.15, 0.2) is 4.52 Å². The van der Waals surface area contributed by atoms with E-state index in [0.717, 1.165) is 25.7 Å². The van der Waals surface area contributed by atoms with Crippen molar-refractivity contribution in [1.82, 2.24) is 19.9 Å². The Labute approximate surface area is 138 Å². The van der Waals surface area contributed by atoms with Gasteiger partial charge in [-0.25, -0.2) is 4.68 Å². The lowest BCUT2D eigenvalue weighted by Gasteiger charge is -2.17. The summed E-state index contributed by atoms with van der Waals surface area (Å²) in [6.07, 6.45) is 4.08. The minimum Gasteiger partial charge on any atom is -0.339 e. The van der Waals surface area contributed by atoms with Gasteiger partial charge in [0.1, 0.15) is 0 Å². The van der Waals surface area contributed by atoms with Gasteiger partial charge in [-0.3, -0.25) is 0 Å². The maximum atomic E-state index is 12.9. The molecule has 0 aliphatic heterocycles. The van der Waals surface area contributed by atoms with E-state index in [-0.39, 0.29) is 18.8 Å². The average molecular weight is 348 g/mol. The number of aryl methyl sites for hydroxylation is 1. The second kappa shape index (κ2) is 6.52. The largest absolute Gasteiger partial charge is 0.339 e. The van der Waals surface area contributed by atoms with Gasteiger partial charge in [0.05, 0.1) is 17.7 Å². The van der Waals surface area contributed by atoms with Crippen LogP contribution in [-0.2, 0) is 12.0 Å². The van der Waals surface area contributed by atoms with Crippen LogP contribution in [0.2, 0.25) is 0 Å². The molecule has 2 heterocycles. The number of nitrogens with two attached hydrogens (primary N) is 1. The molecule has 6 nitrogen and oxygen atoms in total. The first kappa shape index (κ1) is 17.8. The number of hydrogen-bond donors (Lipinski definition) is 1. The predicted octanol–water partition coefficient (Wildman–Crippen LogP) is 3.02. The smallest absolute Gasteiger partial charge is 0.333 e. The summed E-state index contributed by atoms with van der Waals surface area (Å²) in [7, 11) is 0. The Morgan fingerprint density at radius 2 is 1.96 bits per heavy atom. The van der Waals surface area contributed by atoms with Gasteiger partial charge in [-0.2, -0.15) is 18.9 Å². The summed E-state index contributed by atoms with van der Waals surface area (Å²) in [4.78, 5) is 4.37. The van der Waals surface area contributed by atoms with Crippen molar-refractivity contribution in [3.05, 3.63) is 28.7 Å². The maximum absolute atomic E-state index is 12.9. The lowest BCUT2D eigenvalue weighted by molar-refractivity contribution is 0.0540. The van der Waals surface area contributed by atoms with Crippen LogP contribution >= 0.6 is 12.4 Å². The van der Waals surface area contributed by atoms with Crippen molar-refractivity contribution in [2.45, 2.75) is 58.0 Å². The fraction of sp³-hybridized carbons (Fsp3) is 0.643. The highest BCUT2D eigenvalue weighted by atomic mass is 35.5. The highest BCUT2D eigenvalue weighted by molar-refractivity contribution is 5.85. The van der Waals surface area contributed by atoms with E-state index in [1.54, 1.807) is 13.8 Å². The monoisotopic (exact) mass is 347 g/mol. The van der Waals surface area contributed by atoms with Crippen LogP contribution in [0.5, 0.6) is 0 Å². The third kappa shape index (κ3) is 3.23. The molecule has 0 saturated heterocycles. The van der Waals surface area contributed by atoms with Crippen LogP contribution in [0.25, 0.3) is 0 Å². The van der Waals surface area contributed by atoms with Crippen LogP contribution < -0.4 is 5.73 Å². The van der Waals surface area contributed by atoms with E-state index in [2.05, 4.69) is 15.2 Å². The molecular formula is C14H20ClF2N5O. The molecule has 1 fully saturated rings. The first-order chi connectivity index (χ1) is 10.4. The van der Waals surface area contributed by atoms with E-state index < -0.39 is 12.1 Å². The van der Waals surface area contributed by atoms with Gasteiger partial charge in [0, 0.05) is 11.3 Å². The first-order valence-electron chi connectivity index (χ1n) is 7.35. The maximum Gasteiger partial charge on any atom is 0.333 e. The quantitative estimate of drug-likeness (QED) is 0.919. The predicted molar refractivity (Wildman–Crippen MR) is 81.6 cm³/mol. The summed E-state index contributed by atoms with van der Waals surface area (Å²) >= 11 is 0. The van der Waals surface area contributed by atoms with Crippen molar-refractivity contribution >= 4 is 12.4 Å². The van der Waals surface area contributed by atoms with Gasteiger partial charge >= 0.3 is 6.55 Å². The second-order valence-electron chi connectivity index (χ2n) is 5.92.